The van der Waals surface area contributed by atoms with Gasteiger partial charge in [-0.3, -0.25) is 13.9 Å². The van der Waals surface area contributed by atoms with Gasteiger partial charge in [0.25, 0.3) is 5.56 Å². The minimum Gasteiger partial charge on any atom is -0.362 e. The molecule has 1 fully saturated rings. The van der Waals surface area contributed by atoms with Gasteiger partial charge in [0.1, 0.15) is 17.3 Å². The van der Waals surface area contributed by atoms with E-state index in [-0.39, 0.29) is 24.7 Å². The second-order valence-corrected chi connectivity index (χ2v) is 9.80. The standard InChI is InChI=1S/C30H31F2N5O2/c1-20-28(35-16-15-34-27(19-35)22-11-6-3-7-12-22)29(38)37(18-26(33)21-9-4-2-5-10-21)30(39)36(20)17-23-24(31)13-8-14-25(23)32/h2-14,26-27,34H,15-19,33H2,1H3/t26-,27?/m0/s1. The number of hydrogen-bond donors (Lipinski definition) is 2. The second kappa shape index (κ2) is 11.3. The SMILES string of the molecule is Cc1c(N2CCNC(c3ccccc3)C2)c(=O)n(C[C@H](N)c2ccccc2)c(=O)n1Cc1c(F)cccc1F. The molecule has 39 heavy (non-hydrogen) atoms. The van der Waals surface area contributed by atoms with E-state index in [2.05, 4.69) is 5.32 Å². The van der Waals surface area contributed by atoms with Crippen LogP contribution in [0.2, 0.25) is 0 Å². The molecular weight excluding hydrogens is 500 g/mol. The quantitative estimate of drug-likeness (QED) is 0.382. The van der Waals surface area contributed by atoms with Crippen molar-refractivity contribution in [3.8, 4) is 0 Å². The zero-order chi connectivity index (χ0) is 27.5. The molecule has 2 heterocycles. The van der Waals surface area contributed by atoms with Crippen molar-refractivity contribution >= 4 is 5.69 Å². The third-order valence-corrected chi connectivity index (χ3v) is 7.34. The molecule has 1 aliphatic rings. The number of rotatable bonds is 7. The first-order valence-electron chi connectivity index (χ1n) is 13.0. The number of nitrogens with two attached hydrogens (primary N) is 1. The number of aromatic nitrogens is 2. The van der Waals surface area contributed by atoms with Gasteiger partial charge in [0.2, 0.25) is 0 Å². The lowest BCUT2D eigenvalue weighted by Crippen LogP contribution is -2.51. The molecule has 3 aromatic carbocycles. The number of nitrogens with one attached hydrogen (secondary N) is 1. The number of hydrogen-bond acceptors (Lipinski definition) is 5. The van der Waals surface area contributed by atoms with Crippen LogP contribution >= 0.6 is 0 Å². The first-order valence-corrected chi connectivity index (χ1v) is 13.0. The number of benzene rings is 3. The zero-order valence-electron chi connectivity index (χ0n) is 21.7. The molecule has 0 spiro atoms. The van der Waals surface area contributed by atoms with Crippen molar-refractivity contribution in [3.05, 3.63) is 134 Å². The smallest absolute Gasteiger partial charge is 0.331 e. The summed E-state index contributed by atoms with van der Waals surface area (Å²) < 4.78 is 31.7. The highest BCUT2D eigenvalue weighted by Gasteiger charge is 2.28. The summed E-state index contributed by atoms with van der Waals surface area (Å²) in [5.41, 5.74) is 7.58. The Kier molecular flexibility index (Phi) is 7.72. The van der Waals surface area contributed by atoms with E-state index >= 15 is 0 Å². The van der Waals surface area contributed by atoms with Gasteiger partial charge in [-0.05, 0) is 30.2 Å². The third-order valence-electron chi connectivity index (χ3n) is 7.34. The van der Waals surface area contributed by atoms with Crippen molar-refractivity contribution in [3.63, 3.8) is 0 Å². The molecule has 4 aromatic rings. The van der Waals surface area contributed by atoms with Crippen molar-refractivity contribution in [2.75, 3.05) is 24.5 Å². The fourth-order valence-electron chi connectivity index (χ4n) is 5.20. The molecule has 2 atom stereocenters. The third kappa shape index (κ3) is 5.41. The van der Waals surface area contributed by atoms with Crippen molar-refractivity contribution in [1.29, 1.82) is 0 Å². The van der Waals surface area contributed by atoms with Crippen LogP contribution in [0.5, 0.6) is 0 Å². The van der Waals surface area contributed by atoms with Crippen molar-refractivity contribution in [1.82, 2.24) is 14.5 Å². The molecule has 0 aliphatic carbocycles. The fraction of sp³-hybridized carbons (Fsp3) is 0.267. The Morgan fingerprint density at radius 3 is 2.23 bits per heavy atom. The maximum absolute atomic E-state index is 14.6. The fourth-order valence-corrected chi connectivity index (χ4v) is 5.20. The Balaban J connectivity index is 1.62. The van der Waals surface area contributed by atoms with Crippen LogP contribution in [0, 0.1) is 18.6 Å². The van der Waals surface area contributed by atoms with Crippen molar-refractivity contribution in [2.45, 2.75) is 32.1 Å². The molecule has 0 saturated carbocycles. The summed E-state index contributed by atoms with van der Waals surface area (Å²) in [4.78, 5) is 29.6. The molecule has 0 radical (unpaired) electrons. The summed E-state index contributed by atoms with van der Waals surface area (Å²) in [5, 5.41) is 3.48. The maximum Gasteiger partial charge on any atom is 0.331 e. The monoisotopic (exact) mass is 531 g/mol. The Morgan fingerprint density at radius 1 is 0.923 bits per heavy atom. The van der Waals surface area contributed by atoms with Gasteiger partial charge in [-0.1, -0.05) is 66.7 Å². The van der Waals surface area contributed by atoms with Crippen molar-refractivity contribution < 1.29 is 8.78 Å². The van der Waals surface area contributed by atoms with Crippen LogP contribution in [0.3, 0.4) is 0 Å². The van der Waals surface area contributed by atoms with E-state index in [0.717, 1.165) is 27.8 Å². The van der Waals surface area contributed by atoms with Crippen molar-refractivity contribution in [2.24, 2.45) is 5.73 Å². The highest BCUT2D eigenvalue weighted by Crippen LogP contribution is 2.24. The number of piperazine rings is 1. The van der Waals surface area contributed by atoms with E-state index < -0.39 is 28.9 Å². The first-order chi connectivity index (χ1) is 18.8. The van der Waals surface area contributed by atoms with E-state index in [1.54, 1.807) is 6.92 Å². The lowest BCUT2D eigenvalue weighted by molar-refractivity contribution is 0.458. The molecule has 5 rings (SSSR count). The highest BCUT2D eigenvalue weighted by molar-refractivity contribution is 5.50. The minimum atomic E-state index is -0.757. The van der Waals surface area contributed by atoms with Gasteiger partial charge in [0.05, 0.1) is 13.1 Å². The van der Waals surface area contributed by atoms with Crippen LogP contribution in [0.25, 0.3) is 0 Å². The molecule has 1 saturated heterocycles. The average molecular weight is 532 g/mol. The van der Waals surface area contributed by atoms with E-state index in [1.807, 2.05) is 65.6 Å². The predicted molar refractivity (Wildman–Crippen MR) is 148 cm³/mol. The molecular formula is C30H31F2N5O2. The molecule has 0 amide bonds. The van der Waals surface area contributed by atoms with Crippen LogP contribution in [-0.4, -0.2) is 28.8 Å². The molecule has 0 bridgehead atoms. The summed E-state index contributed by atoms with van der Waals surface area (Å²) in [5.74, 6) is -1.51. The number of anilines is 1. The van der Waals surface area contributed by atoms with Crippen LogP contribution in [-0.2, 0) is 13.1 Å². The number of halogens is 2. The molecule has 1 aliphatic heterocycles. The maximum atomic E-state index is 14.6. The van der Waals surface area contributed by atoms with Gasteiger partial charge in [0.15, 0.2) is 0 Å². The van der Waals surface area contributed by atoms with Gasteiger partial charge in [-0.2, -0.15) is 0 Å². The van der Waals surface area contributed by atoms with Gasteiger partial charge in [-0.25, -0.2) is 13.6 Å². The van der Waals surface area contributed by atoms with E-state index in [0.29, 0.717) is 31.0 Å². The lowest BCUT2D eigenvalue weighted by atomic mass is 10.0. The van der Waals surface area contributed by atoms with Crippen LogP contribution in [0.4, 0.5) is 14.5 Å². The Labute approximate surface area is 225 Å². The van der Waals surface area contributed by atoms with Crippen LogP contribution in [0.1, 0.15) is 34.5 Å². The zero-order valence-corrected chi connectivity index (χ0v) is 21.7. The molecule has 202 valence electrons. The van der Waals surface area contributed by atoms with E-state index in [4.69, 9.17) is 5.73 Å². The molecule has 9 heteroatoms. The summed E-state index contributed by atoms with van der Waals surface area (Å²) in [6.45, 7) is 2.84. The number of nitrogens with zero attached hydrogens (tertiary/aromatic N) is 3. The average Bonchev–Trinajstić information content (AvgIpc) is 2.96. The van der Waals surface area contributed by atoms with Gasteiger partial charge < -0.3 is 16.0 Å². The summed E-state index contributed by atoms with van der Waals surface area (Å²) in [6, 6.07) is 22.0. The largest absolute Gasteiger partial charge is 0.362 e. The molecule has 1 aromatic heterocycles. The lowest BCUT2D eigenvalue weighted by Gasteiger charge is -2.36. The van der Waals surface area contributed by atoms with E-state index in [9.17, 15) is 18.4 Å². The highest BCUT2D eigenvalue weighted by atomic mass is 19.1. The summed E-state index contributed by atoms with van der Waals surface area (Å²) >= 11 is 0. The Morgan fingerprint density at radius 2 is 1.56 bits per heavy atom. The molecule has 1 unspecified atom stereocenters. The van der Waals surface area contributed by atoms with Crippen LogP contribution in [0.15, 0.2) is 88.5 Å². The van der Waals surface area contributed by atoms with Gasteiger partial charge in [0, 0.05) is 43.0 Å². The Bertz CT molecular complexity index is 1550. The Hall–Kier alpha value is -4.08. The summed E-state index contributed by atoms with van der Waals surface area (Å²) in [7, 11) is 0. The summed E-state index contributed by atoms with van der Waals surface area (Å²) in [6.07, 6.45) is 0. The second-order valence-electron chi connectivity index (χ2n) is 9.80. The topological polar surface area (TPSA) is 85.3 Å². The minimum absolute atomic E-state index is 0.0387. The predicted octanol–water partition coefficient (Wildman–Crippen LogP) is 3.50. The molecule has 3 N–H and O–H groups in total. The van der Waals surface area contributed by atoms with E-state index in [1.165, 1.54) is 10.6 Å². The first kappa shape index (κ1) is 26.5. The normalized spacial score (nSPS) is 16.3. The van der Waals surface area contributed by atoms with Gasteiger partial charge in [-0.15, -0.1) is 0 Å². The molecule has 7 nitrogen and oxygen atoms in total. The van der Waals surface area contributed by atoms with Gasteiger partial charge >= 0.3 is 5.69 Å². The van der Waals surface area contributed by atoms with Crippen LogP contribution < -0.4 is 27.2 Å².